The van der Waals surface area contributed by atoms with Gasteiger partial charge in [-0.2, -0.15) is 5.26 Å². The van der Waals surface area contributed by atoms with E-state index in [0.717, 1.165) is 11.3 Å². The summed E-state index contributed by atoms with van der Waals surface area (Å²) in [5, 5.41) is 20.0. The summed E-state index contributed by atoms with van der Waals surface area (Å²) in [5.41, 5.74) is 1.91. The van der Waals surface area contributed by atoms with Crippen LogP contribution >= 0.6 is 0 Å². The fourth-order valence-corrected chi connectivity index (χ4v) is 2.28. The highest BCUT2D eigenvalue weighted by atomic mass is 16.6. The Bertz CT molecular complexity index is 736. The van der Waals surface area contributed by atoms with Crippen molar-refractivity contribution in [1.82, 2.24) is 0 Å². The SMILES string of the molecule is CCOc1ccc(CN(C)c2ccc([N+](=O)[O-])cc2C#N)cc1. The van der Waals surface area contributed by atoms with Crippen LogP contribution in [0.15, 0.2) is 42.5 Å². The van der Waals surface area contributed by atoms with Crippen LogP contribution in [0.4, 0.5) is 11.4 Å². The second-order valence-electron chi connectivity index (χ2n) is 5.00. The van der Waals surface area contributed by atoms with Gasteiger partial charge in [0.05, 0.1) is 22.8 Å². The molecular weight excluding hydrogens is 294 g/mol. The molecule has 2 aromatic rings. The van der Waals surface area contributed by atoms with Crippen LogP contribution in [0.25, 0.3) is 0 Å². The van der Waals surface area contributed by atoms with Gasteiger partial charge in [-0.05, 0) is 30.7 Å². The third kappa shape index (κ3) is 3.98. The predicted molar refractivity (Wildman–Crippen MR) is 87.5 cm³/mol. The zero-order chi connectivity index (χ0) is 16.8. The van der Waals surface area contributed by atoms with Crippen molar-refractivity contribution in [2.45, 2.75) is 13.5 Å². The third-order valence-electron chi connectivity index (χ3n) is 3.38. The molecule has 0 amide bonds. The maximum absolute atomic E-state index is 10.8. The Morgan fingerprint density at radius 2 is 1.96 bits per heavy atom. The van der Waals surface area contributed by atoms with Gasteiger partial charge in [-0.3, -0.25) is 10.1 Å². The molecule has 0 atom stereocenters. The average Bonchev–Trinajstić information content (AvgIpc) is 2.56. The van der Waals surface area contributed by atoms with Crippen LogP contribution in [-0.2, 0) is 6.54 Å². The molecule has 0 spiro atoms. The quantitative estimate of drug-likeness (QED) is 0.602. The van der Waals surface area contributed by atoms with Crippen molar-refractivity contribution in [3.05, 3.63) is 63.7 Å². The van der Waals surface area contributed by atoms with Crippen molar-refractivity contribution in [3.63, 3.8) is 0 Å². The van der Waals surface area contributed by atoms with Gasteiger partial charge in [0, 0.05) is 25.7 Å². The minimum atomic E-state index is -0.503. The first-order valence-corrected chi connectivity index (χ1v) is 7.16. The van der Waals surface area contributed by atoms with Gasteiger partial charge >= 0.3 is 0 Å². The molecule has 6 heteroatoms. The molecule has 118 valence electrons. The van der Waals surface area contributed by atoms with E-state index >= 15 is 0 Å². The van der Waals surface area contributed by atoms with Crippen molar-refractivity contribution in [2.75, 3.05) is 18.6 Å². The van der Waals surface area contributed by atoms with Crippen LogP contribution in [0.3, 0.4) is 0 Å². The molecule has 0 unspecified atom stereocenters. The first-order chi connectivity index (χ1) is 11.0. The van der Waals surface area contributed by atoms with Gasteiger partial charge in [-0.15, -0.1) is 0 Å². The molecule has 0 bridgehead atoms. The smallest absolute Gasteiger partial charge is 0.270 e. The monoisotopic (exact) mass is 311 g/mol. The molecule has 0 aliphatic carbocycles. The van der Waals surface area contributed by atoms with Crippen molar-refractivity contribution in [2.24, 2.45) is 0 Å². The second kappa shape index (κ2) is 7.27. The molecule has 0 aromatic heterocycles. The Morgan fingerprint density at radius 1 is 1.26 bits per heavy atom. The van der Waals surface area contributed by atoms with E-state index in [2.05, 4.69) is 0 Å². The molecule has 23 heavy (non-hydrogen) atoms. The number of nitro groups is 1. The van der Waals surface area contributed by atoms with Crippen LogP contribution in [0.2, 0.25) is 0 Å². The minimum absolute atomic E-state index is 0.0835. The zero-order valence-electron chi connectivity index (χ0n) is 13.0. The van der Waals surface area contributed by atoms with Crippen LogP contribution in [0.5, 0.6) is 5.75 Å². The molecule has 6 nitrogen and oxygen atoms in total. The van der Waals surface area contributed by atoms with E-state index in [1.54, 1.807) is 6.07 Å². The van der Waals surface area contributed by atoms with Gasteiger partial charge in [0.25, 0.3) is 5.69 Å². The lowest BCUT2D eigenvalue weighted by atomic mass is 10.1. The van der Waals surface area contributed by atoms with Crippen molar-refractivity contribution < 1.29 is 9.66 Å². The standard InChI is InChI=1S/C17H17N3O3/c1-3-23-16-7-4-13(5-8-16)12-19(2)17-9-6-15(20(21)22)10-14(17)11-18/h4-10H,3,12H2,1-2H3. The number of nitriles is 1. The third-order valence-corrected chi connectivity index (χ3v) is 3.38. The number of non-ortho nitro benzene ring substituents is 1. The maximum atomic E-state index is 10.8. The van der Waals surface area contributed by atoms with Crippen molar-refractivity contribution >= 4 is 11.4 Å². The second-order valence-corrected chi connectivity index (χ2v) is 5.00. The molecule has 0 aliphatic heterocycles. The molecule has 0 fully saturated rings. The van der Waals surface area contributed by atoms with E-state index in [1.807, 2.05) is 49.2 Å². The summed E-state index contributed by atoms with van der Waals surface area (Å²) < 4.78 is 5.40. The molecule has 0 saturated heterocycles. The van der Waals surface area contributed by atoms with Crippen molar-refractivity contribution in [3.8, 4) is 11.8 Å². The van der Waals surface area contributed by atoms with Gasteiger partial charge in [-0.25, -0.2) is 0 Å². The van der Waals surface area contributed by atoms with Gasteiger partial charge < -0.3 is 9.64 Å². The molecule has 0 N–H and O–H groups in total. The van der Waals surface area contributed by atoms with E-state index in [9.17, 15) is 15.4 Å². The minimum Gasteiger partial charge on any atom is -0.494 e. The highest BCUT2D eigenvalue weighted by molar-refractivity contribution is 5.62. The summed E-state index contributed by atoms with van der Waals surface area (Å²) in [4.78, 5) is 12.2. The fourth-order valence-electron chi connectivity index (χ4n) is 2.28. The lowest BCUT2D eigenvalue weighted by molar-refractivity contribution is -0.384. The number of rotatable bonds is 6. The highest BCUT2D eigenvalue weighted by Gasteiger charge is 2.13. The molecule has 0 heterocycles. The number of benzene rings is 2. The number of hydrogen-bond donors (Lipinski definition) is 0. The normalized spacial score (nSPS) is 9.96. The molecule has 2 aromatic carbocycles. The van der Waals surface area contributed by atoms with E-state index in [4.69, 9.17) is 4.74 Å². The van der Waals surface area contributed by atoms with E-state index in [1.165, 1.54) is 12.1 Å². The number of nitro benzene ring substituents is 1. The van der Waals surface area contributed by atoms with Crippen LogP contribution in [0, 0.1) is 21.4 Å². The molecule has 2 rings (SSSR count). The van der Waals surface area contributed by atoms with E-state index < -0.39 is 4.92 Å². The van der Waals surface area contributed by atoms with Gasteiger partial charge in [-0.1, -0.05) is 12.1 Å². The summed E-state index contributed by atoms with van der Waals surface area (Å²) in [6.45, 7) is 3.13. The largest absolute Gasteiger partial charge is 0.494 e. The molecular formula is C17H17N3O3. The Labute approximate surface area is 134 Å². The number of hydrogen-bond acceptors (Lipinski definition) is 5. The number of nitrogens with zero attached hydrogens (tertiary/aromatic N) is 3. The average molecular weight is 311 g/mol. The summed E-state index contributed by atoms with van der Waals surface area (Å²) >= 11 is 0. The summed E-state index contributed by atoms with van der Waals surface area (Å²) in [5.74, 6) is 0.812. The van der Waals surface area contributed by atoms with E-state index in [-0.39, 0.29) is 11.3 Å². The van der Waals surface area contributed by atoms with Gasteiger partial charge in [0.1, 0.15) is 11.8 Å². The first-order valence-electron chi connectivity index (χ1n) is 7.16. The lowest BCUT2D eigenvalue weighted by Crippen LogP contribution is -2.17. The first kappa shape index (κ1) is 16.3. The Kier molecular flexibility index (Phi) is 5.15. The molecule has 0 aliphatic rings. The molecule has 0 saturated carbocycles. The fraction of sp³-hybridized carbons (Fsp3) is 0.235. The molecule has 0 radical (unpaired) electrons. The van der Waals surface area contributed by atoms with Crippen LogP contribution < -0.4 is 9.64 Å². The highest BCUT2D eigenvalue weighted by Crippen LogP contribution is 2.25. The van der Waals surface area contributed by atoms with Crippen LogP contribution in [-0.4, -0.2) is 18.6 Å². The zero-order valence-corrected chi connectivity index (χ0v) is 13.0. The Balaban J connectivity index is 2.18. The lowest BCUT2D eigenvalue weighted by Gasteiger charge is -2.20. The number of ether oxygens (including phenoxy) is 1. The summed E-state index contributed by atoms with van der Waals surface area (Å²) in [6, 6.07) is 14.0. The maximum Gasteiger partial charge on any atom is 0.270 e. The predicted octanol–water partition coefficient (Wildman–Crippen LogP) is 3.50. The van der Waals surface area contributed by atoms with Gasteiger partial charge in [0.2, 0.25) is 0 Å². The topological polar surface area (TPSA) is 79.4 Å². The van der Waals surface area contributed by atoms with Crippen LogP contribution in [0.1, 0.15) is 18.1 Å². The summed E-state index contributed by atoms with van der Waals surface area (Å²) in [7, 11) is 1.85. The number of anilines is 1. The van der Waals surface area contributed by atoms with Gasteiger partial charge in [0.15, 0.2) is 0 Å². The van der Waals surface area contributed by atoms with E-state index in [0.29, 0.717) is 18.8 Å². The van der Waals surface area contributed by atoms with Crippen molar-refractivity contribution in [1.29, 1.82) is 5.26 Å². The Hall–Kier alpha value is -3.07. The summed E-state index contributed by atoms with van der Waals surface area (Å²) in [6.07, 6.45) is 0. The Morgan fingerprint density at radius 3 is 2.52 bits per heavy atom.